The molecule has 2 rings (SSSR count). The molecule has 6 heteroatoms. The van der Waals surface area contributed by atoms with Crippen molar-refractivity contribution in [1.82, 2.24) is 4.90 Å². The van der Waals surface area contributed by atoms with E-state index >= 15 is 0 Å². The quantitative estimate of drug-likeness (QED) is 0.522. The first-order valence-corrected chi connectivity index (χ1v) is 9.12. The van der Waals surface area contributed by atoms with Crippen molar-refractivity contribution in [2.75, 3.05) is 46.6 Å². The van der Waals surface area contributed by atoms with Crippen molar-refractivity contribution in [3.8, 4) is 11.5 Å². The second-order valence-electron chi connectivity index (χ2n) is 6.30. The number of aliphatic hydroxyl groups is 2. The van der Waals surface area contributed by atoms with E-state index in [1.807, 2.05) is 61.6 Å². The summed E-state index contributed by atoms with van der Waals surface area (Å²) in [7, 11) is 1.97. The van der Waals surface area contributed by atoms with Crippen LogP contribution < -0.4 is 9.47 Å². The maximum absolute atomic E-state index is 10.1. The lowest BCUT2D eigenvalue weighted by Gasteiger charge is -2.21. The van der Waals surface area contributed by atoms with Crippen LogP contribution in [-0.4, -0.2) is 67.8 Å². The maximum atomic E-state index is 10.1. The molecule has 6 nitrogen and oxygen atoms in total. The Morgan fingerprint density at radius 2 is 1.59 bits per heavy atom. The molecule has 148 valence electrons. The molecule has 2 aromatic rings. The number of benzene rings is 2. The molecular weight excluding hydrogens is 346 g/mol. The highest BCUT2D eigenvalue weighted by Gasteiger charge is 2.10. The van der Waals surface area contributed by atoms with Gasteiger partial charge >= 0.3 is 0 Å². The van der Waals surface area contributed by atoms with Gasteiger partial charge in [-0.2, -0.15) is 0 Å². The number of hydrogen-bond donors (Lipinski definition) is 2. The number of ether oxygens (including phenoxy) is 3. The Labute approximate surface area is 160 Å². The second-order valence-corrected chi connectivity index (χ2v) is 6.30. The fraction of sp³-hybridized carbons (Fsp3) is 0.429. The largest absolute Gasteiger partial charge is 0.491 e. The molecule has 0 bridgehead atoms. The summed E-state index contributed by atoms with van der Waals surface area (Å²) in [6, 6.07) is 17.3. The van der Waals surface area contributed by atoms with Gasteiger partial charge in [0, 0.05) is 13.1 Å². The van der Waals surface area contributed by atoms with E-state index in [4.69, 9.17) is 19.3 Å². The highest BCUT2D eigenvalue weighted by Crippen LogP contribution is 2.14. The standard InChI is InChI=1S/C21H29NO5/c1-22(16-19(24)17-27-20-5-3-2-4-6-20)15-18-7-9-21(10-8-18)26-14-13-25-12-11-23/h2-10,19,23-24H,11-17H2,1H3. The van der Waals surface area contributed by atoms with E-state index < -0.39 is 6.10 Å². The lowest BCUT2D eigenvalue weighted by molar-refractivity contribution is 0.0704. The number of para-hydroxylation sites is 1. The summed E-state index contributed by atoms with van der Waals surface area (Å²) in [4.78, 5) is 2.05. The third kappa shape index (κ3) is 8.88. The zero-order chi connectivity index (χ0) is 19.3. The van der Waals surface area contributed by atoms with Crippen LogP contribution in [0.1, 0.15) is 5.56 Å². The molecule has 0 saturated carbocycles. The van der Waals surface area contributed by atoms with Crippen molar-refractivity contribution in [2.24, 2.45) is 0 Å². The Morgan fingerprint density at radius 1 is 0.889 bits per heavy atom. The van der Waals surface area contributed by atoms with Crippen LogP contribution in [0.2, 0.25) is 0 Å². The van der Waals surface area contributed by atoms with Crippen molar-refractivity contribution in [3.05, 3.63) is 60.2 Å². The van der Waals surface area contributed by atoms with Gasteiger partial charge in [0.15, 0.2) is 0 Å². The van der Waals surface area contributed by atoms with Crippen LogP contribution in [0.5, 0.6) is 11.5 Å². The van der Waals surface area contributed by atoms with Gasteiger partial charge in [-0.05, 0) is 36.9 Å². The predicted octanol–water partition coefficient (Wildman–Crippen LogP) is 1.95. The number of nitrogens with zero attached hydrogens (tertiary/aromatic N) is 1. The van der Waals surface area contributed by atoms with Crippen LogP contribution in [0, 0.1) is 0 Å². The van der Waals surface area contributed by atoms with Gasteiger partial charge in [-0.3, -0.25) is 4.90 Å². The van der Waals surface area contributed by atoms with E-state index in [0.717, 1.165) is 23.6 Å². The molecule has 1 atom stereocenters. The molecule has 0 heterocycles. The van der Waals surface area contributed by atoms with Crippen molar-refractivity contribution in [3.63, 3.8) is 0 Å². The molecule has 0 aliphatic rings. The molecule has 27 heavy (non-hydrogen) atoms. The van der Waals surface area contributed by atoms with Crippen LogP contribution in [0.25, 0.3) is 0 Å². The average molecular weight is 375 g/mol. The van der Waals surface area contributed by atoms with Gasteiger partial charge in [-0.1, -0.05) is 30.3 Å². The SMILES string of the molecule is CN(Cc1ccc(OCCOCCO)cc1)CC(O)COc1ccccc1. The molecule has 0 fully saturated rings. The summed E-state index contributed by atoms with van der Waals surface area (Å²) in [5.41, 5.74) is 1.14. The molecule has 0 radical (unpaired) electrons. The van der Waals surface area contributed by atoms with Crippen molar-refractivity contribution < 1.29 is 24.4 Å². The molecule has 0 aliphatic carbocycles. The third-order valence-corrected chi connectivity index (χ3v) is 3.82. The fourth-order valence-corrected chi connectivity index (χ4v) is 2.57. The van der Waals surface area contributed by atoms with Crippen LogP contribution >= 0.6 is 0 Å². The van der Waals surface area contributed by atoms with Crippen LogP contribution in [0.15, 0.2) is 54.6 Å². The fourth-order valence-electron chi connectivity index (χ4n) is 2.57. The van der Waals surface area contributed by atoms with Crippen molar-refractivity contribution >= 4 is 0 Å². The van der Waals surface area contributed by atoms with Crippen LogP contribution in [-0.2, 0) is 11.3 Å². The summed E-state index contributed by atoms with van der Waals surface area (Å²) in [6.07, 6.45) is -0.559. The van der Waals surface area contributed by atoms with E-state index in [0.29, 0.717) is 26.4 Å². The average Bonchev–Trinajstić information content (AvgIpc) is 2.68. The van der Waals surface area contributed by atoms with E-state index in [1.165, 1.54) is 0 Å². The monoisotopic (exact) mass is 375 g/mol. The van der Waals surface area contributed by atoms with Gasteiger partial charge < -0.3 is 24.4 Å². The van der Waals surface area contributed by atoms with Crippen molar-refractivity contribution in [2.45, 2.75) is 12.6 Å². The van der Waals surface area contributed by atoms with Crippen LogP contribution in [0.4, 0.5) is 0 Å². The highest BCUT2D eigenvalue weighted by atomic mass is 16.5. The molecule has 0 amide bonds. The first kappa shape index (κ1) is 21.2. The van der Waals surface area contributed by atoms with Gasteiger partial charge in [0.2, 0.25) is 0 Å². The van der Waals surface area contributed by atoms with Gasteiger partial charge in [-0.25, -0.2) is 0 Å². The summed E-state index contributed by atoms with van der Waals surface area (Å²) in [5.74, 6) is 1.54. The number of aliphatic hydroxyl groups excluding tert-OH is 2. The Morgan fingerprint density at radius 3 is 2.30 bits per heavy atom. The lowest BCUT2D eigenvalue weighted by atomic mass is 10.2. The smallest absolute Gasteiger partial charge is 0.119 e. The zero-order valence-corrected chi connectivity index (χ0v) is 15.8. The molecule has 2 aromatic carbocycles. The summed E-state index contributed by atoms with van der Waals surface area (Å²) in [5, 5.41) is 18.8. The summed E-state index contributed by atoms with van der Waals surface area (Å²) in [6.45, 7) is 2.77. The van der Waals surface area contributed by atoms with Gasteiger partial charge in [0.05, 0.1) is 19.8 Å². The van der Waals surface area contributed by atoms with E-state index in [2.05, 4.69) is 4.90 Å². The van der Waals surface area contributed by atoms with Crippen LogP contribution in [0.3, 0.4) is 0 Å². The molecule has 0 saturated heterocycles. The Bertz CT molecular complexity index is 620. The molecule has 2 N–H and O–H groups in total. The molecule has 0 aromatic heterocycles. The number of rotatable bonds is 13. The highest BCUT2D eigenvalue weighted by molar-refractivity contribution is 5.27. The number of likely N-dealkylation sites (N-methyl/N-ethyl adjacent to an activating group) is 1. The maximum Gasteiger partial charge on any atom is 0.119 e. The van der Waals surface area contributed by atoms with E-state index in [9.17, 15) is 5.11 Å². The minimum Gasteiger partial charge on any atom is -0.491 e. The third-order valence-electron chi connectivity index (χ3n) is 3.82. The first-order valence-electron chi connectivity index (χ1n) is 9.12. The molecule has 0 spiro atoms. The Balaban J connectivity index is 1.66. The zero-order valence-electron chi connectivity index (χ0n) is 15.8. The topological polar surface area (TPSA) is 71.4 Å². The van der Waals surface area contributed by atoms with Gasteiger partial charge in [0.25, 0.3) is 0 Å². The van der Waals surface area contributed by atoms with Crippen molar-refractivity contribution in [1.29, 1.82) is 0 Å². The minimum absolute atomic E-state index is 0.0231. The first-order chi connectivity index (χ1) is 13.2. The van der Waals surface area contributed by atoms with Gasteiger partial charge in [0.1, 0.15) is 30.8 Å². The normalized spacial score (nSPS) is 12.1. The summed E-state index contributed by atoms with van der Waals surface area (Å²) >= 11 is 0. The Kier molecular flexibility index (Phi) is 9.65. The molecule has 0 aliphatic heterocycles. The minimum atomic E-state index is -0.559. The molecule has 1 unspecified atom stereocenters. The Hall–Kier alpha value is -2.12. The predicted molar refractivity (Wildman–Crippen MR) is 104 cm³/mol. The van der Waals surface area contributed by atoms with E-state index in [1.54, 1.807) is 0 Å². The molecular formula is C21H29NO5. The number of hydrogen-bond acceptors (Lipinski definition) is 6. The van der Waals surface area contributed by atoms with E-state index in [-0.39, 0.29) is 13.2 Å². The summed E-state index contributed by atoms with van der Waals surface area (Å²) < 4.78 is 16.3. The lowest BCUT2D eigenvalue weighted by Crippen LogP contribution is -2.32. The van der Waals surface area contributed by atoms with Gasteiger partial charge in [-0.15, -0.1) is 0 Å². The second kappa shape index (κ2) is 12.3.